The molecular formula is C29H28Cl2N2O3S. The highest BCUT2D eigenvalue weighted by Crippen LogP contribution is 2.36. The van der Waals surface area contributed by atoms with Crippen LogP contribution in [0.2, 0.25) is 10.0 Å². The summed E-state index contributed by atoms with van der Waals surface area (Å²) in [6.07, 6.45) is 2.71. The summed E-state index contributed by atoms with van der Waals surface area (Å²) in [6, 6.07) is 19.0. The van der Waals surface area contributed by atoms with Crippen LogP contribution < -0.4 is 9.47 Å². The molecule has 5 nitrogen and oxygen atoms in total. The molecule has 0 bridgehead atoms. The van der Waals surface area contributed by atoms with Crippen molar-refractivity contribution < 1.29 is 14.3 Å². The highest BCUT2D eigenvalue weighted by Gasteiger charge is 2.32. The topological polar surface area (TPSA) is 51.1 Å². The van der Waals surface area contributed by atoms with Crippen molar-refractivity contribution in [3.05, 3.63) is 92.3 Å². The normalized spacial score (nSPS) is 15.6. The molecule has 0 aromatic heterocycles. The zero-order valence-corrected chi connectivity index (χ0v) is 23.3. The lowest BCUT2D eigenvalue weighted by molar-refractivity contribution is -0.122. The molecular weight excluding hydrogens is 527 g/mol. The van der Waals surface area contributed by atoms with Crippen LogP contribution in [0.1, 0.15) is 37.0 Å². The molecule has 0 unspecified atom stereocenters. The van der Waals surface area contributed by atoms with Crippen LogP contribution in [0.4, 0.5) is 5.69 Å². The Morgan fingerprint density at radius 3 is 2.43 bits per heavy atom. The van der Waals surface area contributed by atoms with Gasteiger partial charge in [0.25, 0.3) is 5.91 Å². The van der Waals surface area contributed by atoms with Crippen molar-refractivity contribution in [1.29, 1.82) is 0 Å². The number of aryl methyl sites for hydroxylation is 1. The summed E-state index contributed by atoms with van der Waals surface area (Å²) in [5, 5.41) is 1.67. The van der Waals surface area contributed by atoms with Crippen molar-refractivity contribution in [1.82, 2.24) is 4.90 Å². The van der Waals surface area contributed by atoms with Crippen LogP contribution in [-0.2, 0) is 11.4 Å². The molecule has 0 radical (unpaired) electrons. The Bertz CT molecular complexity index is 1340. The monoisotopic (exact) mass is 554 g/mol. The number of hydrogen-bond acceptors (Lipinski definition) is 5. The third-order valence-corrected chi connectivity index (χ3v) is 7.28. The van der Waals surface area contributed by atoms with Crippen molar-refractivity contribution in [2.75, 3.05) is 13.2 Å². The number of halogens is 2. The highest BCUT2D eigenvalue weighted by molar-refractivity contribution is 8.18. The fraction of sp³-hybridized carbons (Fsp3) is 0.241. The van der Waals surface area contributed by atoms with E-state index in [1.54, 1.807) is 17.0 Å². The third kappa shape index (κ3) is 6.89. The molecule has 0 spiro atoms. The third-order valence-electron chi connectivity index (χ3n) is 5.54. The summed E-state index contributed by atoms with van der Waals surface area (Å²) in [4.78, 5) is 20.3. The Morgan fingerprint density at radius 2 is 1.73 bits per heavy atom. The van der Waals surface area contributed by atoms with E-state index < -0.39 is 0 Å². The Balaban J connectivity index is 1.57. The average Bonchev–Trinajstić information content (AvgIpc) is 3.16. The smallest absolute Gasteiger partial charge is 0.266 e. The maximum atomic E-state index is 13.2. The van der Waals surface area contributed by atoms with Gasteiger partial charge in [-0.15, -0.1) is 0 Å². The van der Waals surface area contributed by atoms with E-state index in [1.807, 2.05) is 75.4 Å². The van der Waals surface area contributed by atoms with E-state index in [4.69, 9.17) is 37.7 Å². The summed E-state index contributed by atoms with van der Waals surface area (Å²) < 4.78 is 11.9. The Morgan fingerprint density at radius 1 is 0.946 bits per heavy atom. The molecule has 192 valence electrons. The van der Waals surface area contributed by atoms with Crippen LogP contribution in [0.15, 0.2) is 70.6 Å². The second-order valence-electron chi connectivity index (χ2n) is 8.47. The van der Waals surface area contributed by atoms with Gasteiger partial charge < -0.3 is 9.47 Å². The van der Waals surface area contributed by atoms with E-state index >= 15 is 0 Å². The fourth-order valence-electron chi connectivity index (χ4n) is 3.69. The Hall–Kier alpha value is -2.93. The molecule has 0 N–H and O–H groups in total. The van der Waals surface area contributed by atoms with Gasteiger partial charge in [0.05, 0.1) is 27.2 Å². The van der Waals surface area contributed by atoms with Crippen molar-refractivity contribution >= 4 is 57.8 Å². The molecule has 3 aromatic rings. The number of aliphatic imine (C=N–C) groups is 1. The molecule has 0 saturated carbocycles. The van der Waals surface area contributed by atoms with Gasteiger partial charge in [0.1, 0.15) is 6.61 Å². The van der Waals surface area contributed by atoms with E-state index in [1.165, 1.54) is 17.3 Å². The van der Waals surface area contributed by atoms with E-state index in [0.29, 0.717) is 51.4 Å². The molecule has 3 aromatic carbocycles. The molecule has 0 aliphatic carbocycles. The van der Waals surface area contributed by atoms with Crippen LogP contribution in [0.3, 0.4) is 0 Å². The first kappa shape index (κ1) is 27.1. The molecule has 1 aliphatic heterocycles. The van der Waals surface area contributed by atoms with Crippen LogP contribution in [0.25, 0.3) is 6.08 Å². The first-order valence-electron chi connectivity index (χ1n) is 12.1. The molecule has 1 fully saturated rings. The minimum absolute atomic E-state index is 0.0457. The van der Waals surface area contributed by atoms with Crippen LogP contribution in [0.5, 0.6) is 11.5 Å². The van der Waals surface area contributed by atoms with Gasteiger partial charge in [-0.1, -0.05) is 60.0 Å². The van der Waals surface area contributed by atoms with Gasteiger partial charge in [-0.05, 0) is 85.6 Å². The quantitative estimate of drug-likeness (QED) is 0.249. The molecule has 4 rings (SSSR count). The van der Waals surface area contributed by atoms with Gasteiger partial charge in [0, 0.05) is 6.54 Å². The number of nitrogens with zero attached hydrogens (tertiary/aromatic N) is 2. The van der Waals surface area contributed by atoms with Gasteiger partial charge in [0.2, 0.25) is 0 Å². The highest BCUT2D eigenvalue weighted by atomic mass is 35.5. The van der Waals surface area contributed by atoms with Crippen molar-refractivity contribution in [3.8, 4) is 11.5 Å². The molecule has 37 heavy (non-hydrogen) atoms. The van der Waals surface area contributed by atoms with Gasteiger partial charge in [-0.25, -0.2) is 4.99 Å². The van der Waals surface area contributed by atoms with Crippen molar-refractivity contribution in [2.24, 2.45) is 4.99 Å². The predicted octanol–water partition coefficient (Wildman–Crippen LogP) is 8.29. The lowest BCUT2D eigenvalue weighted by atomic mass is 10.1. The summed E-state index contributed by atoms with van der Waals surface area (Å²) in [5.41, 5.74) is 3.73. The number of hydrogen-bond donors (Lipinski definition) is 0. The number of carbonyl (C=O) groups is 1. The zero-order chi connectivity index (χ0) is 26.4. The van der Waals surface area contributed by atoms with Gasteiger partial charge in [-0.2, -0.15) is 0 Å². The molecule has 1 heterocycles. The van der Waals surface area contributed by atoms with E-state index in [-0.39, 0.29) is 5.91 Å². The van der Waals surface area contributed by atoms with E-state index in [0.717, 1.165) is 23.2 Å². The van der Waals surface area contributed by atoms with E-state index in [9.17, 15) is 4.79 Å². The van der Waals surface area contributed by atoms with E-state index in [2.05, 4.69) is 0 Å². The number of benzene rings is 3. The zero-order valence-electron chi connectivity index (χ0n) is 21.0. The predicted molar refractivity (Wildman–Crippen MR) is 154 cm³/mol. The number of amides is 1. The minimum atomic E-state index is -0.0457. The molecule has 1 saturated heterocycles. The second-order valence-corrected chi connectivity index (χ2v) is 10.3. The number of rotatable bonds is 9. The molecule has 1 aliphatic rings. The largest absolute Gasteiger partial charge is 0.490 e. The van der Waals surface area contributed by atoms with Crippen molar-refractivity contribution in [3.63, 3.8) is 0 Å². The number of carbonyl (C=O) groups excluding carboxylic acids is 1. The SMILES string of the molecule is CCCN1C(=O)/C(=C\c2ccc(OCc3ccc(Cl)c(Cl)c3)c(OCC)c2)SC1=Nc1ccc(C)cc1. The van der Waals surface area contributed by atoms with Crippen LogP contribution in [-0.4, -0.2) is 29.1 Å². The van der Waals surface area contributed by atoms with Gasteiger partial charge in [-0.3, -0.25) is 9.69 Å². The first-order valence-corrected chi connectivity index (χ1v) is 13.7. The first-order chi connectivity index (χ1) is 17.9. The number of ether oxygens (including phenoxy) is 2. The molecule has 1 amide bonds. The van der Waals surface area contributed by atoms with Gasteiger partial charge >= 0.3 is 0 Å². The van der Waals surface area contributed by atoms with Crippen LogP contribution in [0, 0.1) is 6.92 Å². The summed E-state index contributed by atoms with van der Waals surface area (Å²) in [5.74, 6) is 1.16. The average molecular weight is 556 g/mol. The lowest BCUT2D eigenvalue weighted by Gasteiger charge is -2.14. The van der Waals surface area contributed by atoms with Crippen LogP contribution >= 0.6 is 35.0 Å². The number of amidine groups is 1. The Kier molecular flexibility index (Phi) is 9.19. The molecule has 8 heteroatoms. The fourth-order valence-corrected chi connectivity index (χ4v) is 5.03. The lowest BCUT2D eigenvalue weighted by Crippen LogP contribution is -2.29. The summed E-state index contributed by atoms with van der Waals surface area (Å²) in [7, 11) is 0. The van der Waals surface area contributed by atoms with Gasteiger partial charge in [0.15, 0.2) is 16.7 Å². The van der Waals surface area contributed by atoms with Crippen molar-refractivity contribution in [2.45, 2.75) is 33.8 Å². The maximum Gasteiger partial charge on any atom is 0.266 e. The number of thioether (sulfide) groups is 1. The molecule has 0 atom stereocenters. The second kappa shape index (κ2) is 12.5. The minimum Gasteiger partial charge on any atom is -0.490 e. The standard InChI is InChI=1S/C29H28Cl2N2O3S/c1-4-14-33-28(34)27(37-29(33)32-22-10-6-19(3)7-11-22)17-20-9-13-25(26(16-20)35-5-2)36-18-21-8-12-23(30)24(31)15-21/h6-13,15-17H,4-5,14,18H2,1-3H3/b27-17+,32-29?. The Labute approximate surface area is 232 Å². The maximum absolute atomic E-state index is 13.2. The summed E-state index contributed by atoms with van der Waals surface area (Å²) in [6.45, 7) is 7.41. The summed E-state index contributed by atoms with van der Waals surface area (Å²) >= 11 is 13.5.